The second-order valence-electron chi connectivity index (χ2n) is 7.42. The van der Waals surface area contributed by atoms with Crippen LogP contribution in [0.2, 0.25) is 0 Å². The fourth-order valence-electron chi connectivity index (χ4n) is 2.59. The summed E-state index contributed by atoms with van der Waals surface area (Å²) >= 11 is 1.58. The molecule has 3 rings (SSSR count). The predicted molar refractivity (Wildman–Crippen MR) is 104 cm³/mol. The molecule has 0 unspecified atom stereocenters. The minimum atomic E-state index is 0.139. The van der Waals surface area contributed by atoms with Crippen LogP contribution in [0.25, 0.3) is 11.5 Å². The molecule has 0 fully saturated rings. The maximum Gasteiger partial charge on any atom is 0.277 e. The topological polar surface area (TPSA) is 38.9 Å². The molecule has 3 nitrogen and oxygen atoms in total. The minimum absolute atomic E-state index is 0.139. The molecule has 0 radical (unpaired) electrons. The summed E-state index contributed by atoms with van der Waals surface area (Å²) < 4.78 is 5.83. The van der Waals surface area contributed by atoms with E-state index in [4.69, 9.17) is 4.42 Å². The van der Waals surface area contributed by atoms with Crippen LogP contribution in [0.15, 0.2) is 52.1 Å². The number of rotatable bonds is 4. The number of nitrogens with zero attached hydrogens (tertiary/aromatic N) is 2. The van der Waals surface area contributed by atoms with Gasteiger partial charge >= 0.3 is 0 Å². The number of aromatic nitrogens is 2. The maximum absolute atomic E-state index is 5.83. The first-order chi connectivity index (χ1) is 11.8. The average molecular weight is 353 g/mol. The summed E-state index contributed by atoms with van der Waals surface area (Å²) in [5.41, 5.74) is 6.25. The molecule has 0 atom stereocenters. The molecule has 1 aromatic heterocycles. The van der Waals surface area contributed by atoms with E-state index >= 15 is 0 Å². The highest BCUT2D eigenvalue weighted by Gasteiger charge is 2.15. The van der Waals surface area contributed by atoms with Gasteiger partial charge in [-0.25, -0.2) is 0 Å². The Balaban J connectivity index is 1.71. The summed E-state index contributed by atoms with van der Waals surface area (Å²) in [4.78, 5) is 0. The second kappa shape index (κ2) is 7.04. The van der Waals surface area contributed by atoms with Gasteiger partial charge in [0.15, 0.2) is 0 Å². The first-order valence-electron chi connectivity index (χ1n) is 8.46. The van der Waals surface area contributed by atoms with E-state index in [-0.39, 0.29) is 5.41 Å². The van der Waals surface area contributed by atoms with Crippen molar-refractivity contribution in [1.82, 2.24) is 10.2 Å². The van der Waals surface area contributed by atoms with Crippen LogP contribution in [0.4, 0.5) is 0 Å². The Morgan fingerprint density at radius 2 is 1.68 bits per heavy atom. The van der Waals surface area contributed by atoms with Crippen LogP contribution in [0.5, 0.6) is 0 Å². The number of aryl methyl sites for hydroxylation is 2. The van der Waals surface area contributed by atoms with Crippen molar-refractivity contribution in [3.8, 4) is 11.5 Å². The molecule has 0 amide bonds. The fraction of sp³-hybridized carbons (Fsp3) is 0.333. The van der Waals surface area contributed by atoms with E-state index in [1.165, 1.54) is 22.3 Å². The monoisotopic (exact) mass is 352 g/mol. The van der Waals surface area contributed by atoms with Crippen LogP contribution < -0.4 is 0 Å². The zero-order valence-electron chi connectivity index (χ0n) is 15.5. The zero-order valence-corrected chi connectivity index (χ0v) is 16.3. The molecule has 0 aliphatic rings. The lowest BCUT2D eigenvalue weighted by molar-refractivity contribution is 0.465. The Kier molecular flexibility index (Phi) is 5.00. The minimum Gasteiger partial charge on any atom is -0.411 e. The third-order valence-corrected chi connectivity index (χ3v) is 5.13. The van der Waals surface area contributed by atoms with Crippen LogP contribution in [0, 0.1) is 13.8 Å². The summed E-state index contributed by atoms with van der Waals surface area (Å²) in [7, 11) is 0. The quantitative estimate of drug-likeness (QED) is 0.544. The molecule has 2 aromatic carbocycles. The Labute approximate surface area is 153 Å². The number of benzene rings is 2. The van der Waals surface area contributed by atoms with Gasteiger partial charge in [-0.3, -0.25) is 0 Å². The van der Waals surface area contributed by atoms with Crippen molar-refractivity contribution >= 4 is 11.8 Å². The summed E-state index contributed by atoms with van der Waals surface area (Å²) in [5.74, 6) is 1.40. The van der Waals surface area contributed by atoms with Gasteiger partial charge < -0.3 is 4.42 Å². The predicted octanol–water partition coefficient (Wildman–Crippen LogP) is 5.94. The standard InChI is InChI=1S/C21H24N2OS/c1-14-6-7-15(2)17(12-14)13-25-20-23-22-19(24-20)16-8-10-18(11-9-16)21(3,4)5/h6-12H,13H2,1-5H3. The third-order valence-electron chi connectivity index (χ3n) is 4.26. The molecule has 0 saturated carbocycles. The molecule has 0 aliphatic heterocycles. The molecule has 0 bridgehead atoms. The van der Waals surface area contributed by atoms with Crippen molar-refractivity contribution in [2.45, 2.75) is 51.0 Å². The van der Waals surface area contributed by atoms with Crippen LogP contribution in [-0.2, 0) is 11.2 Å². The molecular formula is C21H24N2OS. The van der Waals surface area contributed by atoms with E-state index < -0.39 is 0 Å². The zero-order chi connectivity index (χ0) is 18.0. The lowest BCUT2D eigenvalue weighted by Gasteiger charge is -2.18. The van der Waals surface area contributed by atoms with Crippen LogP contribution in [-0.4, -0.2) is 10.2 Å². The van der Waals surface area contributed by atoms with Crippen molar-refractivity contribution in [2.75, 3.05) is 0 Å². The van der Waals surface area contributed by atoms with E-state index in [9.17, 15) is 0 Å². The fourth-order valence-corrected chi connectivity index (χ4v) is 3.42. The summed E-state index contributed by atoms with van der Waals surface area (Å²) in [5, 5.41) is 8.98. The number of hydrogen-bond acceptors (Lipinski definition) is 4. The van der Waals surface area contributed by atoms with Gasteiger partial charge in [0.2, 0.25) is 5.89 Å². The smallest absolute Gasteiger partial charge is 0.277 e. The van der Waals surface area contributed by atoms with Gasteiger partial charge in [0.1, 0.15) is 0 Å². The third kappa shape index (κ3) is 4.31. The maximum atomic E-state index is 5.83. The molecule has 25 heavy (non-hydrogen) atoms. The molecule has 4 heteroatoms. The lowest BCUT2D eigenvalue weighted by atomic mass is 9.87. The largest absolute Gasteiger partial charge is 0.411 e. The van der Waals surface area contributed by atoms with Crippen LogP contribution in [0.3, 0.4) is 0 Å². The van der Waals surface area contributed by atoms with Crippen LogP contribution in [0.1, 0.15) is 43.0 Å². The molecular weight excluding hydrogens is 328 g/mol. The molecule has 0 saturated heterocycles. The Morgan fingerprint density at radius 3 is 2.36 bits per heavy atom. The molecule has 3 aromatic rings. The average Bonchev–Trinajstić information content (AvgIpc) is 3.04. The van der Waals surface area contributed by atoms with Gasteiger partial charge in [-0.15, -0.1) is 10.2 Å². The number of hydrogen-bond donors (Lipinski definition) is 0. The van der Waals surface area contributed by atoms with Gasteiger partial charge in [-0.2, -0.15) is 0 Å². The highest BCUT2D eigenvalue weighted by molar-refractivity contribution is 7.98. The van der Waals surface area contributed by atoms with E-state index in [1.54, 1.807) is 11.8 Å². The molecule has 130 valence electrons. The van der Waals surface area contributed by atoms with Gasteiger partial charge in [-0.05, 0) is 48.1 Å². The second-order valence-corrected chi connectivity index (χ2v) is 8.35. The van der Waals surface area contributed by atoms with Gasteiger partial charge in [0.05, 0.1) is 0 Å². The first kappa shape index (κ1) is 17.7. The van der Waals surface area contributed by atoms with Crippen molar-refractivity contribution < 1.29 is 4.42 Å². The summed E-state index contributed by atoms with van der Waals surface area (Å²) in [6.45, 7) is 10.9. The highest BCUT2D eigenvalue weighted by Crippen LogP contribution is 2.29. The van der Waals surface area contributed by atoms with Gasteiger partial charge in [0, 0.05) is 11.3 Å². The van der Waals surface area contributed by atoms with E-state index in [1.807, 2.05) is 12.1 Å². The molecule has 0 aliphatic carbocycles. The van der Waals surface area contributed by atoms with Crippen molar-refractivity contribution in [2.24, 2.45) is 0 Å². The molecule has 0 N–H and O–H groups in total. The van der Waals surface area contributed by atoms with Crippen LogP contribution >= 0.6 is 11.8 Å². The number of thioether (sulfide) groups is 1. The van der Waals surface area contributed by atoms with Crippen molar-refractivity contribution in [3.63, 3.8) is 0 Å². The van der Waals surface area contributed by atoms with E-state index in [0.29, 0.717) is 11.1 Å². The lowest BCUT2D eigenvalue weighted by Crippen LogP contribution is -2.10. The highest BCUT2D eigenvalue weighted by atomic mass is 32.2. The van der Waals surface area contributed by atoms with Gasteiger partial charge in [-0.1, -0.05) is 68.4 Å². The summed E-state index contributed by atoms with van der Waals surface area (Å²) in [6, 6.07) is 14.9. The van der Waals surface area contributed by atoms with Crippen molar-refractivity contribution in [1.29, 1.82) is 0 Å². The Bertz CT molecular complexity index is 860. The summed E-state index contributed by atoms with van der Waals surface area (Å²) in [6.07, 6.45) is 0. The van der Waals surface area contributed by atoms with Crippen molar-refractivity contribution in [3.05, 3.63) is 64.7 Å². The normalized spacial score (nSPS) is 11.7. The Hall–Kier alpha value is -2.07. The van der Waals surface area contributed by atoms with Gasteiger partial charge in [0.25, 0.3) is 5.22 Å². The van der Waals surface area contributed by atoms with E-state index in [0.717, 1.165) is 11.3 Å². The Morgan fingerprint density at radius 1 is 0.960 bits per heavy atom. The molecule has 0 spiro atoms. The SMILES string of the molecule is Cc1ccc(C)c(CSc2nnc(-c3ccc(C(C)(C)C)cc3)o2)c1. The first-order valence-corrected chi connectivity index (χ1v) is 9.45. The van der Waals surface area contributed by atoms with E-state index in [2.05, 4.69) is 75.1 Å². The molecule has 1 heterocycles.